The molecule has 1 amide bonds. The van der Waals surface area contributed by atoms with Crippen molar-refractivity contribution >= 4 is 17.4 Å². The lowest BCUT2D eigenvalue weighted by molar-refractivity contribution is -0.140. The van der Waals surface area contributed by atoms with Crippen LogP contribution in [-0.4, -0.2) is 58.8 Å². The monoisotopic (exact) mass is 365 g/mol. The van der Waals surface area contributed by atoms with Crippen LogP contribution in [0.1, 0.15) is 22.9 Å². The zero-order chi connectivity index (χ0) is 19.6. The van der Waals surface area contributed by atoms with Gasteiger partial charge in [0, 0.05) is 24.8 Å². The van der Waals surface area contributed by atoms with E-state index in [-0.39, 0.29) is 11.3 Å². The molecule has 1 N–H and O–H groups in total. The fourth-order valence-electron chi connectivity index (χ4n) is 3.13. The molecule has 6 heteroatoms. The smallest absolute Gasteiger partial charge is 0.295 e. The maximum Gasteiger partial charge on any atom is 0.295 e. The van der Waals surface area contributed by atoms with E-state index in [9.17, 15) is 14.7 Å². The van der Waals surface area contributed by atoms with Crippen molar-refractivity contribution in [2.24, 2.45) is 0 Å². The van der Waals surface area contributed by atoms with Crippen molar-refractivity contribution in [3.05, 3.63) is 71.1 Å². The summed E-state index contributed by atoms with van der Waals surface area (Å²) in [6, 6.07) is 11.8. The Labute approximate surface area is 158 Å². The second kappa shape index (κ2) is 7.72. The molecule has 2 aromatic rings. The molecule has 0 spiro atoms. The number of ketones is 1. The molecule has 27 heavy (non-hydrogen) atoms. The van der Waals surface area contributed by atoms with Crippen LogP contribution in [-0.2, 0) is 9.59 Å². The number of likely N-dealkylation sites (N-methyl/N-ethyl adjacent to an activating group) is 1. The minimum atomic E-state index is -0.701. The summed E-state index contributed by atoms with van der Waals surface area (Å²) in [6.07, 6.45) is 1.62. The second-order valence-corrected chi connectivity index (χ2v) is 6.92. The van der Waals surface area contributed by atoms with Gasteiger partial charge in [-0.1, -0.05) is 35.9 Å². The minimum Gasteiger partial charge on any atom is -0.507 e. The summed E-state index contributed by atoms with van der Waals surface area (Å²) in [5, 5.41) is 10.9. The van der Waals surface area contributed by atoms with Crippen LogP contribution >= 0.6 is 0 Å². The van der Waals surface area contributed by atoms with Gasteiger partial charge in [0.1, 0.15) is 11.8 Å². The van der Waals surface area contributed by atoms with E-state index in [0.717, 1.165) is 5.56 Å². The molecular weight excluding hydrogens is 342 g/mol. The van der Waals surface area contributed by atoms with Crippen LogP contribution < -0.4 is 0 Å². The van der Waals surface area contributed by atoms with Gasteiger partial charge in [-0.15, -0.1) is 0 Å². The van der Waals surface area contributed by atoms with Crippen molar-refractivity contribution in [1.82, 2.24) is 14.8 Å². The predicted molar refractivity (Wildman–Crippen MR) is 103 cm³/mol. The van der Waals surface area contributed by atoms with Gasteiger partial charge >= 0.3 is 0 Å². The molecular formula is C21H23N3O3. The molecule has 1 aromatic carbocycles. The number of aryl methyl sites for hydroxylation is 1. The first-order valence-corrected chi connectivity index (χ1v) is 8.81. The first-order valence-electron chi connectivity index (χ1n) is 8.81. The Morgan fingerprint density at radius 1 is 1.15 bits per heavy atom. The zero-order valence-electron chi connectivity index (χ0n) is 15.7. The van der Waals surface area contributed by atoms with Crippen LogP contribution in [0.4, 0.5) is 0 Å². The lowest BCUT2D eigenvalue weighted by atomic mass is 9.98. The molecule has 140 valence electrons. The molecule has 1 atom stereocenters. The molecule has 0 unspecified atom stereocenters. The van der Waals surface area contributed by atoms with Gasteiger partial charge in [-0.2, -0.15) is 0 Å². The Hall–Kier alpha value is -2.99. The highest BCUT2D eigenvalue weighted by Crippen LogP contribution is 2.38. The summed E-state index contributed by atoms with van der Waals surface area (Å²) in [4.78, 5) is 33.2. The number of carbonyl (C=O) groups is 2. The highest BCUT2D eigenvalue weighted by Gasteiger charge is 2.46. The molecule has 6 nitrogen and oxygen atoms in total. The summed E-state index contributed by atoms with van der Waals surface area (Å²) in [7, 11) is 3.80. The van der Waals surface area contributed by atoms with Gasteiger partial charge in [0.2, 0.25) is 0 Å². The van der Waals surface area contributed by atoms with Crippen LogP contribution in [0, 0.1) is 6.92 Å². The topological polar surface area (TPSA) is 73.7 Å². The maximum absolute atomic E-state index is 12.8. The quantitative estimate of drug-likeness (QED) is 0.500. The molecule has 1 saturated heterocycles. The molecule has 3 rings (SSSR count). The van der Waals surface area contributed by atoms with E-state index in [4.69, 9.17) is 0 Å². The van der Waals surface area contributed by atoms with Crippen LogP contribution in [0.25, 0.3) is 5.76 Å². The van der Waals surface area contributed by atoms with Gasteiger partial charge in [-0.3, -0.25) is 14.6 Å². The number of benzene rings is 1. The largest absolute Gasteiger partial charge is 0.507 e. The lowest BCUT2D eigenvalue weighted by Crippen LogP contribution is -2.35. The number of aliphatic hydroxyl groups is 1. The van der Waals surface area contributed by atoms with E-state index in [1.54, 1.807) is 36.5 Å². The number of Topliss-reactive ketones (excluding diaryl/α,β-unsaturated/α-hetero) is 1. The fraction of sp³-hybridized carbons (Fsp3) is 0.286. The fourth-order valence-corrected chi connectivity index (χ4v) is 3.13. The van der Waals surface area contributed by atoms with Gasteiger partial charge in [0.15, 0.2) is 0 Å². The normalized spacial score (nSPS) is 19.1. The number of nitrogens with zero attached hydrogens (tertiary/aromatic N) is 3. The van der Waals surface area contributed by atoms with Gasteiger partial charge < -0.3 is 14.9 Å². The van der Waals surface area contributed by atoms with Crippen molar-refractivity contribution in [2.75, 3.05) is 27.2 Å². The first-order chi connectivity index (χ1) is 12.9. The summed E-state index contributed by atoms with van der Waals surface area (Å²) in [5.41, 5.74) is 2.19. The highest BCUT2D eigenvalue weighted by molar-refractivity contribution is 6.46. The Kier molecular flexibility index (Phi) is 5.37. The number of aliphatic hydroxyl groups excluding tert-OH is 1. The SMILES string of the molecule is Cc1ccc(/C(O)=C2\C(=O)C(=O)N(CCN(C)C)[C@H]2c2ccccn2)cc1. The number of amides is 1. The van der Waals surface area contributed by atoms with Crippen molar-refractivity contribution in [3.8, 4) is 0 Å². The van der Waals surface area contributed by atoms with Crippen LogP contribution in [0.5, 0.6) is 0 Å². The average molecular weight is 365 g/mol. The average Bonchev–Trinajstić information content (AvgIpc) is 2.91. The number of hydrogen-bond acceptors (Lipinski definition) is 5. The molecule has 0 bridgehead atoms. The van der Waals surface area contributed by atoms with Crippen LogP contribution in [0.2, 0.25) is 0 Å². The van der Waals surface area contributed by atoms with E-state index in [0.29, 0.717) is 24.3 Å². The van der Waals surface area contributed by atoms with E-state index < -0.39 is 17.7 Å². The summed E-state index contributed by atoms with van der Waals surface area (Å²) >= 11 is 0. The predicted octanol–water partition coefficient (Wildman–Crippen LogP) is 2.37. The third-order valence-corrected chi connectivity index (χ3v) is 4.62. The highest BCUT2D eigenvalue weighted by atomic mass is 16.3. The summed E-state index contributed by atoms with van der Waals surface area (Å²) < 4.78 is 0. The van der Waals surface area contributed by atoms with Gasteiger partial charge in [0.05, 0.1) is 11.3 Å². The molecule has 1 aromatic heterocycles. The third kappa shape index (κ3) is 3.75. The van der Waals surface area contributed by atoms with E-state index in [1.165, 1.54) is 4.90 Å². The standard InChI is InChI=1S/C21H23N3O3/c1-14-7-9-15(10-8-14)19(25)17-18(16-6-4-5-11-22-16)24(13-12-23(2)3)21(27)20(17)26/h4-11,18,25H,12-13H2,1-3H3/b19-17+/t18-/m0/s1. The van der Waals surface area contributed by atoms with Crippen molar-refractivity contribution in [2.45, 2.75) is 13.0 Å². The maximum atomic E-state index is 12.8. The van der Waals surface area contributed by atoms with Crippen molar-refractivity contribution < 1.29 is 14.7 Å². The van der Waals surface area contributed by atoms with Gasteiger partial charge in [-0.25, -0.2) is 0 Å². The molecule has 0 aliphatic carbocycles. The van der Waals surface area contributed by atoms with Crippen molar-refractivity contribution in [3.63, 3.8) is 0 Å². The van der Waals surface area contributed by atoms with Gasteiger partial charge in [0.25, 0.3) is 11.7 Å². The zero-order valence-corrected chi connectivity index (χ0v) is 15.7. The molecule has 1 aliphatic rings. The molecule has 0 saturated carbocycles. The molecule has 0 radical (unpaired) electrons. The van der Waals surface area contributed by atoms with E-state index >= 15 is 0 Å². The summed E-state index contributed by atoms with van der Waals surface area (Å²) in [5.74, 6) is -1.46. The Balaban J connectivity index is 2.12. The van der Waals surface area contributed by atoms with E-state index in [1.807, 2.05) is 38.1 Å². The van der Waals surface area contributed by atoms with Crippen LogP contribution in [0.3, 0.4) is 0 Å². The van der Waals surface area contributed by atoms with E-state index in [2.05, 4.69) is 4.98 Å². The number of aromatic nitrogens is 1. The molecule has 1 aliphatic heterocycles. The first kappa shape index (κ1) is 18.8. The minimum absolute atomic E-state index is 0.0845. The number of rotatable bonds is 5. The third-order valence-electron chi connectivity index (χ3n) is 4.62. The Bertz CT molecular complexity index is 873. The number of carbonyl (C=O) groups excluding carboxylic acids is 2. The lowest BCUT2D eigenvalue weighted by Gasteiger charge is -2.25. The second-order valence-electron chi connectivity index (χ2n) is 6.92. The van der Waals surface area contributed by atoms with Crippen LogP contribution in [0.15, 0.2) is 54.2 Å². The summed E-state index contributed by atoms with van der Waals surface area (Å²) in [6.45, 7) is 2.91. The molecule has 1 fully saturated rings. The van der Waals surface area contributed by atoms with Gasteiger partial charge in [-0.05, 0) is 33.2 Å². The van der Waals surface area contributed by atoms with Crippen molar-refractivity contribution in [1.29, 1.82) is 0 Å². The number of likely N-dealkylation sites (tertiary alicyclic amines) is 1. The number of pyridine rings is 1. The Morgan fingerprint density at radius 3 is 2.44 bits per heavy atom. The molecule has 2 heterocycles. The number of hydrogen-bond donors (Lipinski definition) is 1. The Morgan fingerprint density at radius 2 is 1.85 bits per heavy atom.